The van der Waals surface area contributed by atoms with Crippen LogP contribution in [0.4, 0.5) is 0 Å². The number of carbonyl (C=O) groups is 1. The van der Waals surface area contributed by atoms with Crippen molar-refractivity contribution in [1.29, 1.82) is 0 Å². The smallest absolute Gasteiger partial charge is 0.312 e. The maximum Gasteiger partial charge on any atom is 0.367 e. The van der Waals surface area contributed by atoms with Crippen LogP contribution in [0.15, 0.2) is 28.9 Å². The zero-order chi connectivity index (χ0) is 12.4. The van der Waals surface area contributed by atoms with Crippen LogP contribution in [0.1, 0.15) is 5.56 Å². The summed E-state index contributed by atoms with van der Waals surface area (Å²) in [5, 5.41) is 4.34. The first kappa shape index (κ1) is 12.4. The van der Waals surface area contributed by atoms with Crippen LogP contribution in [-0.4, -0.2) is 17.6 Å². The van der Waals surface area contributed by atoms with Gasteiger partial charge in [0.1, 0.15) is 5.71 Å². The Kier molecular flexibility index (Phi) is 3.72. The van der Waals surface area contributed by atoms with Gasteiger partial charge in [-0.15, -0.1) is 11.6 Å². The number of nitrogens with zero attached hydrogens (tertiary/aromatic N) is 1. The summed E-state index contributed by atoms with van der Waals surface area (Å²) in [6.07, 6.45) is 1.56. The van der Waals surface area contributed by atoms with E-state index in [2.05, 4.69) is 9.99 Å². The Balaban J connectivity index is 2.45. The van der Waals surface area contributed by atoms with Crippen molar-refractivity contribution in [1.82, 2.24) is 0 Å². The lowest BCUT2D eigenvalue weighted by Gasteiger charge is -2.01. The normalized spacial score (nSPS) is 17.2. The molecule has 1 heterocycles. The first-order valence-corrected chi connectivity index (χ1v) is 5.93. The van der Waals surface area contributed by atoms with Gasteiger partial charge in [0.2, 0.25) is 0 Å². The molecule has 1 aromatic rings. The fourth-order valence-electron chi connectivity index (χ4n) is 1.34. The zero-order valence-electron chi connectivity index (χ0n) is 8.41. The van der Waals surface area contributed by atoms with E-state index in [1.54, 1.807) is 24.3 Å². The van der Waals surface area contributed by atoms with E-state index in [1.165, 1.54) is 0 Å². The van der Waals surface area contributed by atoms with Crippen LogP contribution in [0.25, 0.3) is 6.08 Å². The average molecular weight is 291 g/mol. The molecule has 0 N–H and O–H groups in total. The fourth-order valence-corrected chi connectivity index (χ4v) is 1.89. The van der Waals surface area contributed by atoms with Crippen molar-refractivity contribution in [3.8, 4) is 0 Å². The molecule has 3 nitrogen and oxygen atoms in total. The lowest BCUT2D eigenvalue weighted by molar-refractivity contribution is -0.136. The Hall–Kier alpha value is -1.03. The molecule has 0 bridgehead atoms. The molecule has 2 rings (SSSR count). The number of halogens is 3. The molecular formula is C11H6Cl3NO2. The monoisotopic (exact) mass is 289 g/mol. The van der Waals surface area contributed by atoms with E-state index in [4.69, 9.17) is 34.8 Å². The minimum absolute atomic E-state index is 0.0930. The fraction of sp³-hybridized carbons (Fsp3) is 0.0909. The molecule has 17 heavy (non-hydrogen) atoms. The minimum atomic E-state index is -0.545. The zero-order valence-corrected chi connectivity index (χ0v) is 10.7. The third-order valence-corrected chi connectivity index (χ3v) is 3.26. The molecule has 1 aromatic carbocycles. The number of benzene rings is 1. The number of alkyl halides is 1. The molecule has 88 valence electrons. The van der Waals surface area contributed by atoms with Crippen LogP contribution in [0, 0.1) is 0 Å². The molecule has 1 aliphatic rings. The van der Waals surface area contributed by atoms with Gasteiger partial charge in [0.05, 0.1) is 21.5 Å². The summed E-state index contributed by atoms with van der Waals surface area (Å²) in [5.41, 5.74) is 1.29. The standard InChI is InChI=1S/C11H6Cl3NO2/c12-5-9-7(11(16)17-15-9)4-6-2-1-3-8(13)10(6)14/h1-4H,5H2. The maximum atomic E-state index is 11.4. The van der Waals surface area contributed by atoms with Gasteiger partial charge in [-0.2, -0.15) is 0 Å². The van der Waals surface area contributed by atoms with Crippen LogP contribution >= 0.6 is 34.8 Å². The van der Waals surface area contributed by atoms with Gasteiger partial charge in [0, 0.05) is 0 Å². The maximum absolute atomic E-state index is 11.4. The SMILES string of the molecule is O=C1ON=C(CCl)C1=Cc1cccc(Cl)c1Cl. The Morgan fingerprint density at radius 1 is 1.35 bits per heavy atom. The van der Waals surface area contributed by atoms with Crippen LogP contribution in [-0.2, 0) is 9.63 Å². The summed E-state index contributed by atoms with van der Waals surface area (Å²) in [7, 11) is 0. The Bertz CT molecular complexity index is 538. The van der Waals surface area contributed by atoms with Crippen LogP contribution in [0.5, 0.6) is 0 Å². The second kappa shape index (κ2) is 5.08. The van der Waals surface area contributed by atoms with E-state index in [0.29, 0.717) is 26.9 Å². The molecule has 0 saturated heterocycles. The summed E-state index contributed by atoms with van der Waals surface area (Å²) in [4.78, 5) is 15.9. The van der Waals surface area contributed by atoms with Gasteiger partial charge in [0.25, 0.3) is 0 Å². The van der Waals surface area contributed by atoms with Crippen molar-refractivity contribution in [3.63, 3.8) is 0 Å². The van der Waals surface area contributed by atoms with E-state index in [0.717, 1.165) is 0 Å². The van der Waals surface area contributed by atoms with Crippen molar-refractivity contribution in [3.05, 3.63) is 39.4 Å². The van der Waals surface area contributed by atoms with Crippen LogP contribution in [0.2, 0.25) is 10.0 Å². The predicted octanol–water partition coefficient (Wildman–Crippen LogP) is 3.53. The third kappa shape index (κ3) is 2.46. The van der Waals surface area contributed by atoms with Crippen molar-refractivity contribution in [2.75, 3.05) is 5.88 Å². The minimum Gasteiger partial charge on any atom is -0.312 e. The second-order valence-corrected chi connectivity index (χ2v) is 4.30. The van der Waals surface area contributed by atoms with Crippen molar-refractivity contribution in [2.45, 2.75) is 0 Å². The van der Waals surface area contributed by atoms with E-state index in [1.807, 2.05) is 0 Å². The summed E-state index contributed by atoms with van der Waals surface area (Å²) >= 11 is 17.5. The number of rotatable bonds is 2. The summed E-state index contributed by atoms with van der Waals surface area (Å²) in [6.45, 7) is 0. The van der Waals surface area contributed by atoms with Crippen LogP contribution < -0.4 is 0 Å². The van der Waals surface area contributed by atoms with Gasteiger partial charge in [-0.05, 0) is 17.7 Å². The molecule has 0 unspecified atom stereocenters. The first-order valence-electron chi connectivity index (χ1n) is 4.63. The van der Waals surface area contributed by atoms with Crippen molar-refractivity contribution in [2.24, 2.45) is 5.16 Å². The predicted molar refractivity (Wildman–Crippen MR) is 68.7 cm³/mol. The summed E-state index contributed by atoms with van der Waals surface area (Å²) in [5.74, 6) is -0.452. The largest absolute Gasteiger partial charge is 0.367 e. The lowest BCUT2D eigenvalue weighted by Crippen LogP contribution is -2.06. The van der Waals surface area contributed by atoms with Gasteiger partial charge in [-0.3, -0.25) is 0 Å². The van der Waals surface area contributed by atoms with Gasteiger partial charge in [0.15, 0.2) is 0 Å². The molecule has 0 aromatic heterocycles. The Morgan fingerprint density at radius 2 is 2.12 bits per heavy atom. The Morgan fingerprint density at radius 3 is 2.82 bits per heavy atom. The van der Waals surface area contributed by atoms with E-state index < -0.39 is 5.97 Å². The highest BCUT2D eigenvalue weighted by molar-refractivity contribution is 6.43. The van der Waals surface area contributed by atoms with Crippen LogP contribution in [0.3, 0.4) is 0 Å². The van der Waals surface area contributed by atoms with Gasteiger partial charge < -0.3 is 4.84 Å². The van der Waals surface area contributed by atoms with E-state index in [9.17, 15) is 4.79 Å². The highest BCUT2D eigenvalue weighted by Crippen LogP contribution is 2.28. The summed E-state index contributed by atoms with van der Waals surface area (Å²) in [6, 6.07) is 5.13. The summed E-state index contributed by atoms with van der Waals surface area (Å²) < 4.78 is 0. The van der Waals surface area contributed by atoms with E-state index >= 15 is 0 Å². The number of oxime groups is 1. The molecule has 0 radical (unpaired) electrons. The van der Waals surface area contributed by atoms with Gasteiger partial charge >= 0.3 is 5.97 Å². The molecule has 0 amide bonds. The third-order valence-electron chi connectivity index (χ3n) is 2.18. The molecule has 0 aliphatic carbocycles. The molecule has 0 spiro atoms. The highest BCUT2D eigenvalue weighted by Gasteiger charge is 2.24. The van der Waals surface area contributed by atoms with Crippen molar-refractivity contribution >= 4 is 52.6 Å². The molecule has 0 atom stereocenters. The highest BCUT2D eigenvalue weighted by atomic mass is 35.5. The number of carbonyl (C=O) groups excluding carboxylic acids is 1. The van der Waals surface area contributed by atoms with E-state index in [-0.39, 0.29) is 5.88 Å². The topological polar surface area (TPSA) is 38.7 Å². The molecule has 0 fully saturated rings. The van der Waals surface area contributed by atoms with Crippen molar-refractivity contribution < 1.29 is 9.63 Å². The lowest BCUT2D eigenvalue weighted by atomic mass is 10.1. The van der Waals surface area contributed by atoms with Gasteiger partial charge in [-0.25, -0.2) is 4.79 Å². The molecule has 0 saturated carbocycles. The average Bonchev–Trinajstić information content (AvgIpc) is 2.66. The molecule has 1 aliphatic heterocycles. The first-order chi connectivity index (χ1) is 8.13. The number of hydrogen-bond donors (Lipinski definition) is 0. The molecule has 6 heteroatoms. The quantitative estimate of drug-likeness (QED) is 0.475. The number of hydrogen-bond acceptors (Lipinski definition) is 3. The molecular weight excluding hydrogens is 284 g/mol. The second-order valence-electron chi connectivity index (χ2n) is 3.25. The Labute approximate surface area is 113 Å². The van der Waals surface area contributed by atoms with Gasteiger partial charge in [-0.1, -0.05) is 40.5 Å².